The average Bonchev–Trinajstić information content (AvgIpc) is 2.81. The topological polar surface area (TPSA) is 25.4 Å². The Kier molecular flexibility index (Phi) is 3.80. The first kappa shape index (κ1) is 12.4. The van der Waals surface area contributed by atoms with Crippen LogP contribution in [0.3, 0.4) is 0 Å². The lowest BCUT2D eigenvalue weighted by Gasteiger charge is -2.33. The Morgan fingerprint density at radius 1 is 1.44 bits per heavy atom. The fraction of sp³-hybridized carbons (Fsp3) is 0.462. The van der Waals surface area contributed by atoms with Crippen LogP contribution in [0.1, 0.15) is 5.01 Å². The van der Waals surface area contributed by atoms with Gasteiger partial charge < -0.3 is 4.74 Å². The normalized spacial score (nSPS) is 21.5. The quantitative estimate of drug-likeness (QED) is 0.810. The third-order valence-corrected chi connectivity index (χ3v) is 4.58. The van der Waals surface area contributed by atoms with Gasteiger partial charge in [-0.2, -0.15) is 0 Å². The van der Waals surface area contributed by atoms with E-state index >= 15 is 0 Å². The lowest BCUT2D eigenvalue weighted by Crippen LogP contribution is -2.45. The Morgan fingerprint density at radius 3 is 3.17 bits per heavy atom. The third-order valence-electron chi connectivity index (χ3n) is 3.20. The summed E-state index contributed by atoms with van der Waals surface area (Å²) < 4.78 is 6.71. The van der Waals surface area contributed by atoms with Gasteiger partial charge in [0.25, 0.3) is 0 Å². The average molecular weight is 283 g/mol. The molecule has 3 rings (SSSR count). The number of nitrogens with zero attached hydrogens (tertiary/aromatic N) is 2. The van der Waals surface area contributed by atoms with Gasteiger partial charge in [-0.1, -0.05) is 12.1 Å². The van der Waals surface area contributed by atoms with Crippen LogP contribution in [-0.2, 0) is 11.3 Å². The van der Waals surface area contributed by atoms with Crippen molar-refractivity contribution in [2.24, 2.45) is 0 Å². The number of hydrogen-bond donors (Lipinski definition) is 0. The van der Waals surface area contributed by atoms with Crippen LogP contribution < -0.4 is 0 Å². The Morgan fingerprint density at radius 2 is 2.33 bits per heavy atom. The van der Waals surface area contributed by atoms with Crippen molar-refractivity contribution < 1.29 is 4.74 Å². The van der Waals surface area contributed by atoms with Crippen LogP contribution in [0.2, 0.25) is 0 Å². The first-order chi connectivity index (χ1) is 8.86. The second kappa shape index (κ2) is 5.53. The van der Waals surface area contributed by atoms with E-state index in [9.17, 15) is 0 Å². The monoisotopic (exact) mass is 282 g/mol. The highest BCUT2D eigenvalue weighted by atomic mass is 35.5. The number of rotatable bonds is 3. The molecule has 0 amide bonds. The largest absolute Gasteiger partial charge is 0.378 e. The van der Waals surface area contributed by atoms with Gasteiger partial charge in [0.05, 0.1) is 30.0 Å². The van der Waals surface area contributed by atoms with Crippen molar-refractivity contribution >= 4 is 33.2 Å². The lowest BCUT2D eigenvalue weighted by atomic mass is 10.2. The second-order valence-corrected chi connectivity index (χ2v) is 5.85. The van der Waals surface area contributed by atoms with Crippen LogP contribution in [0, 0.1) is 0 Å². The van der Waals surface area contributed by atoms with Crippen molar-refractivity contribution in [2.45, 2.75) is 12.6 Å². The zero-order valence-electron chi connectivity index (χ0n) is 10.0. The van der Waals surface area contributed by atoms with Crippen LogP contribution in [0.4, 0.5) is 0 Å². The van der Waals surface area contributed by atoms with Crippen LogP contribution in [0.25, 0.3) is 10.2 Å². The van der Waals surface area contributed by atoms with Crippen LogP contribution in [0.15, 0.2) is 24.3 Å². The summed E-state index contributed by atoms with van der Waals surface area (Å²) in [6.45, 7) is 3.33. The Labute approximate surface area is 115 Å². The van der Waals surface area contributed by atoms with Crippen molar-refractivity contribution in [1.82, 2.24) is 9.88 Å². The van der Waals surface area contributed by atoms with Crippen molar-refractivity contribution in [3.05, 3.63) is 29.3 Å². The van der Waals surface area contributed by atoms with Gasteiger partial charge in [0.1, 0.15) is 5.01 Å². The van der Waals surface area contributed by atoms with Gasteiger partial charge in [-0.15, -0.1) is 22.9 Å². The van der Waals surface area contributed by atoms with Gasteiger partial charge in [0.15, 0.2) is 0 Å². The second-order valence-electron chi connectivity index (χ2n) is 4.43. The van der Waals surface area contributed by atoms with E-state index in [2.05, 4.69) is 28.1 Å². The van der Waals surface area contributed by atoms with E-state index in [1.807, 2.05) is 6.07 Å². The number of hydrogen-bond acceptors (Lipinski definition) is 4. The molecule has 5 heteroatoms. The number of aromatic nitrogens is 1. The minimum absolute atomic E-state index is 0.312. The van der Waals surface area contributed by atoms with Crippen molar-refractivity contribution in [1.29, 1.82) is 0 Å². The Bertz CT molecular complexity index is 497. The summed E-state index contributed by atoms with van der Waals surface area (Å²) in [4.78, 5) is 7.04. The molecule has 18 heavy (non-hydrogen) atoms. The molecule has 1 aliphatic heterocycles. The van der Waals surface area contributed by atoms with Crippen LogP contribution in [0.5, 0.6) is 0 Å². The summed E-state index contributed by atoms with van der Waals surface area (Å²) in [5, 5.41) is 1.16. The summed E-state index contributed by atoms with van der Waals surface area (Å²) in [7, 11) is 0. The molecule has 1 saturated heterocycles. The Balaban J connectivity index is 1.78. The number of alkyl halides is 1. The molecule has 1 aromatic heterocycles. The maximum Gasteiger partial charge on any atom is 0.108 e. The number of fused-ring (bicyclic) bond motifs is 1. The smallest absolute Gasteiger partial charge is 0.108 e. The van der Waals surface area contributed by atoms with E-state index in [4.69, 9.17) is 16.3 Å². The molecular formula is C13H15ClN2OS. The van der Waals surface area contributed by atoms with E-state index in [0.29, 0.717) is 11.9 Å². The molecule has 1 fully saturated rings. The highest BCUT2D eigenvalue weighted by Crippen LogP contribution is 2.23. The van der Waals surface area contributed by atoms with E-state index in [1.165, 1.54) is 4.70 Å². The number of ether oxygens (including phenoxy) is 1. The highest BCUT2D eigenvalue weighted by Gasteiger charge is 2.23. The standard InChI is InChI=1S/C13H15ClN2OS/c14-7-10-9-17-6-5-16(10)8-13-15-11-3-1-2-4-12(11)18-13/h1-4,10H,5-9H2. The predicted molar refractivity (Wildman–Crippen MR) is 75.4 cm³/mol. The van der Waals surface area contributed by atoms with Gasteiger partial charge >= 0.3 is 0 Å². The molecule has 3 nitrogen and oxygen atoms in total. The molecule has 0 saturated carbocycles. The fourth-order valence-electron chi connectivity index (χ4n) is 2.20. The van der Waals surface area contributed by atoms with Gasteiger partial charge in [0.2, 0.25) is 0 Å². The summed E-state index contributed by atoms with van der Waals surface area (Å²) in [5.41, 5.74) is 1.09. The molecule has 1 atom stereocenters. The molecule has 0 radical (unpaired) electrons. The number of thiazole rings is 1. The minimum Gasteiger partial charge on any atom is -0.378 e. The van der Waals surface area contributed by atoms with Crippen molar-refractivity contribution in [2.75, 3.05) is 25.6 Å². The van der Waals surface area contributed by atoms with Gasteiger partial charge in [-0.25, -0.2) is 4.98 Å². The maximum atomic E-state index is 5.98. The van der Waals surface area contributed by atoms with E-state index in [-0.39, 0.29) is 0 Å². The number of benzene rings is 1. The molecule has 96 valence electrons. The van der Waals surface area contributed by atoms with E-state index in [0.717, 1.165) is 36.8 Å². The molecule has 2 heterocycles. The summed E-state index contributed by atoms with van der Waals surface area (Å²) in [6, 6.07) is 8.58. The van der Waals surface area contributed by atoms with Gasteiger partial charge in [-0.3, -0.25) is 4.90 Å². The predicted octanol–water partition coefficient (Wildman–Crippen LogP) is 2.74. The van der Waals surface area contributed by atoms with Crippen molar-refractivity contribution in [3.63, 3.8) is 0 Å². The molecule has 0 aliphatic carbocycles. The van der Waals surface area contributed by atoms with Gasteiger partial charge in [0, 0.05) is 18.5 Å². The maximum absolute atomic E-state index is 5.98. The summed E-state index contributed by atoms with van der Waals surface area (Å²) in [5.74, 6) is 0.616. The molecule has 1 aromatic carbocycles. The summed E-state index contributed by atoms with van der Waals surface area (Å²) >= 11 is 7.75. The van der Waals surface area contributed by atoms with Crippen molar-refractivity contribution in [3.8, 4) is 0 Å². The zero-order chi connectivity index (χ0) is 12.4. The van der Waals surface area contributed by atoms with E-state index < -0.39 is 0 Å². The lowest BCUT2D eigenvalue weighted by molar-refractivity contribution is -0.00303. The molecule has 2 aromatic rings. The number of morpholine rings is 1. The molecule has 1 unspecified atom stereocenters. The summed E-state index contributed by atoms with van der Waals surface area (Å²) in [6.07, 6.45) is 0. The molecule has 0 N–H and O–H groups in total. The van der Waals surface area contributed by atoms with Gasteiger partial charge in [-0.05, 0) is 12.1 Å². The fourth-order valence-corrected chi connectivity index (χ4v) is 3.48. The number of para-hydroxylation sites is 1. The third kappa shape index (κ3) is 2.52. The minimum atomic E-state index is 0.312. The molecule has 0 spiro atoms. The molecule has 0 bridgehead atoms. The zero-order valence-corrected chi connectivity index (χ0v) is 11.6. The van der Waals surface area contributed by atoms with E-state index in [1.54, 1.807) is 11.3 Å². The SMILES string of the molecule is ClCC1COCCN1Cc1nc2ccccc2s1. The molecule has 1 aliphatic rings. The molecular weight excluding hydrogens is 268 g/mol. The number of halogens is 1. The first-order valence-electron chi connectivity index (χ1n) is 6.09. The first-order valence-corrected chi connectivity index (χ1v) is 7.44. The van der Waals surface area contributed by atoms with Crippen LogP contribution in [-0.4, -0.2) is 41.6 Å². The highest BCUT2D eigenvalue weighted by molar-refractivity contribution is 7.18. The Hall–Kier alpha value is -0.680. The van der Waals surface area contributed by atoms with Crippen LogP contribution >= 0.6 is 22.9 Å².